The van der Waals surface area contributed by atoms with Gasteiger partial charge in [0.25, 0.3) is 0 Å². The molecule has 1 atom stereocenters. The van der Waals surface area contributed by atoms with E-state index in [0.717, 1.165) is 4.47 Å². The molecule has 0 spiro atoms. The van der Waals surface area contributed by atoms with Gasteiger partial charge in [0, 0.05) is 28.5 Å². The number of nitrogens with zero attached hydrogens (tertiary/aromatic N) is 1. The largest absolute Gasteiger partial charge is 0.508 e. The summed E-state index contributed by atoms with van der Waals surface area (Å²) in [5.74, 6) is -0.288. The summed E-state index contributed by atoms with van der Waals surface area (Å²) in [7, 11) is 0. The number of carbonyl (C=O) groups excluding carboxylic acids is 1. The summed E-state index contributed by atoms with van der Waals surface area (Å²) in [6, 6.07) is 6.96. The lowest BCUT2D eigenvalue weighted by Gasteiger charge is -2.37. The van der Waals surface area contributed by atoms with Gasteiger partial charge in [-0.3, -0.25) is 4.79 Å². The second-order valence-electron chi connectivity index (χ2n) is 6.91. The van der Waals surface area contributed by atoms with Crippen LogP contribution in [0.3, 0.4) is 0 Å². The summed E-state index contributed by atoms with van der Waals surface area (Å²) in [4.78, 5) is 12.8. The van der Waals surface area contributed by atoms with E-state index in [4.69, 9.17) is 10.5 Å². The molecule has 1 heterocycles. The Balaban J connectivity index is 2.24. The van der Waals surface area contributed by atoms with Crippen molar-refractivity contribution in [2.24, 2.45) is 11.1 Å². The molecule has 1 aliphatic heterocycles. The number of hydrogen-bond acceptors (Lipinski definition) is 5. The van der Waals surface area contributed by atoms with Crippen LogP contribution in [0.25, 0.3) is 0 Å². The van der Waals surface area contributed by atoms with Gasteiger partial charge in [0.1, 0.15) is 23.2 Å². The average molecular weight is 389 g/mol. The van der Waals surface area contributed by atoms with E-state index >= 15 is 0 Å². The Kier molecular flexibility index (Phi) is 3.92. The van der Waals surface area contributed by atoms with Crippen LogP contribution in [0.4, 0.5) is 0 Å². The van der Waals surface area contributed by atoms with Crippen molar-refractivity contribution in [2.45, 2.75) is 32.6 Å². The third-order valence-electron chi connectivity index (χ3n) is 4.38. The van der Waals surface area contributed by atoms with E-state index in [9.17, 15) is 15.2 Å². The fourth-order valence-electron chi connectivity index (χ4n) is 3.35. The molecule has 3 N–H and O–H groups in total. The number of halogens is 1. The van der Waals surface area contributed by atoms with Gasteiger partial charge in [-0.15, -0.1) is 0 Å². The van der Waals surface area contributed by atoms with E-state index in [2.05, 4.69) is 15.9 Å². The maximum atomic E-state index is 12.8. The Hall–Kier alpha value is -2.26. The molecule has 0 radical (unpaired) electrons. The standard InChI is InChI=1S/C18H17BrN2O3/c1-18(2)6-13(23)16-14(7-18)24-17(21)11(8-20)15(16)10-5-9(19)3-4-12(10)22/h3-5,15,22H,6-7,21H2,1-2H3. The third kappa shape index (κ3) is 2.69. The van der Waals surface area contributed by atoms with E-state index in [-0.39, 0.29) is 28.4 Å². The van der Waals surface area contributed by atoms with E-state index in [1.807, 2.05) is 19.9 Å². The summed E-state index contributed by atoms with van der Waals surface area (Å²) >= 11 is 3.37. The zero-order valence-electron chi connectivity index (χ0n) is 13.4. The second kappa shape index (κ2) is 5.67. The molecule has 2 aliphatic rings. The SMILES string of the molecule is CC1(C)CC(=O)C2=C(C1)OC(N)=C(C#N)C2c1cc(Br)ccc1O. The molecule has 1 aromatic rings. The first-order valence-electron chi connectivity index (χ1n) is 7.56. The quantitative estimate of drug-likeness (QED) is 0.765. The van der Waals surface area contributed by atoms with Crippen LogP contribution in [0.2, 0.25) is 0 Å². The van der Waals surface area contributed by atoms with Crippen LogP contribution in [0, 0.1) is 16.7 Å². The number of nitrogens with two attached hydrogens (primary N) is 1. The maximum absolute atomic E-state index is 12.8. The van der Waals surface area contributed by atoms with E-state index < -0.39 is 5.92 Å². The number of benzene rings is 1. The van der Waals surface area contributed by atoms with Crippen LogP contribution in [-0.4, -0.2) is 10.9 Å². The molecule has 1 aromatic carbocycles. The first-order chi connectivity index (χ1) is 11.2. The number of carbonyl (C=O) groups is 1. The summed E-state index contributed by atoms with van der Waals surface area (Å²) < 4.78 is 6.36. The van der Waals surface area contributed by atoms with Crippen molar-refractivity contribution < 1.29 is 14.6 Å². The van der Waals surface area contributed by atoms with Gasteiger partial charge in [-0.05, 0) is 23.6 Å². The van der Waals surface area contributed by atoms with Gasteiger partial charge < -0.3 is 15.6 Å². The molecule has 24 heavy (non-hydrogen) atoms. The number of phenolic OH excluding ortho intramolecular Hbond substituents is 1. The molecule has 1 unspecified atom stereocenters. The van der Waals surface area contributed by atoms with Gasteiger partial charge in [0.2, 0.25) is 5.88 Å². The summed E-state index contributed by atoms with van der Waals surface area (Å²) in [6.07, 6.45) is 0.915. The summed E-state index contributed by atoms with van der Waals surface area (Å²) in [5.41, 5.74) is 6.75. The molecule has 1 aliphatic carbocycles. The molecule has 0 aromatic heterocycles. The van der Waals surface area contributed by atoms with Gasteiger partial charge in [-0.1, -0.05) is 29.8 Å². The maximum Gasteiger partial charge on any atom is 0.205 e. The molecular weight excluding hydrogens is 372 g/mol. The van der Waals surface area contributed by atoms with Crippen LogP contribution in [0.5, 0.6) is 5.75 Å². The highest BCUT2D eigenvalue weighted by molar-refractivity contribution is 9.10. The summed E-state index contributed by atoms with van der Waals surface area (Å²) in [5, 5.41) is 19.8. The molecule has 0 bridgehead atoms. The number of Topliss-reactive ketones (excluding diaryl/α,β-unsaturated/α-hetero) is 1. The fourth-order valence-corrected chi connectivity index (χ4v) is 3.73. The molecule has 5 nitrogen and oxygen atoms in total. The van der Waals surface area contributed by atoms with Crippen LogP contribution in [0.15, 0.2) is 45.5 Å². The van der Waals surface area contributed by atoms with Crippen molar-refractivity contribution in [2.75, 3.05) is 0 Å². The predicted octanol–water partition coefficient (Wildman–Crippen LogP) is 3.61. The van der Waals surface area contributed by atoms with Gasteiger partial charge in [0.05, 0.1) is 5.92 Å². The number of phenols is 1. The number of hydrogen-bond donors (Lipinski definition) is 2. The molecule has 0 amide bonds. The molecule has 0 saturated heterocycles. The van der Waals surface area contributed by atoms with Crippen LogP contribution in [-0.2, 0) is 9.53 Å². The summed E-state index contributed by atoms with van der Waals surface area (Å²) in [6.45, 7) is 3.98. The topological polar surface area (TPSA) is 96.3 Å². The number of aromatic hydroxyl groups is 1. The predicted molar refractivity (Wildman–Crippen MR) is 91.5 cm³/mol. The molecule has 0 saturated carbocycles. The number of rotatable bonds is 1. The zero-order valence-corrected chi connectivity index (χ0v) is 15.0. The average Bonchev–Trinajstić information content (AvgIpc) is 2.47. The van der Waals surface area contributed by atoms with Gasteiger partial charge >= 0.3 is 0 Å². The number of allylic oxidation sites excluding steroid dienone is 3. The Morgan fingerprint density at radius 2 is 2.12 bits per heavy atom. The molecule has 3 rings (SSSR count). The minimum absolute atomic E-state index is 0.00822. The highest BCUT2D eigenvalue weighted by Gasteiger charge is 2.43. The molecule has 0 fully saturated rings. The Bertz CT molecular complexity index is 846. The lowest BCUT2D eigenvalue weighted by atomic mass is 9.70. The Morgan fingerprint density at radius 1 is 1.42 bits per heavy atom. The van der Waals surface area contributed by atoms with E-state index in [1.54, 1.807) is 12.1 Å². The van der Waals surface area contributed by atoms with Crippen molar-refractivity contribution in [1.29, 1.82) is 5.26 Å². The van der Waals surface area contributed by atoms with Crippen molar-refractivity contribution in [1.82, 2.24) is 0 Å². The highest BCUT2D eigenvalue weighted by atomic mass is 79.9. The Morgan fingerprint density at radius 3 is 2.79 bits per heavy atom. The Labute approximate surface area is 148 Å². The van der Waals surface area contributed by atoms with Crippen LogP contribution in [0.1, 0.15) is 38.2 Å². The second-order valence-corrected chi connectivity index (χ2v) is 7.82. The number of ether oxygens (including phenoxy) is 1. The highest BCUT2D eigenvalue weighted by Crippen LogP contribution is 2.49. The smallest absolute Gasteiger partial charge is 0.205 e. The van der Waals surface area contributed by atoms with Crippen molar-refractivity contribution >= 4 is 21.7 Å². The first kappa shape index (κ1) is 16.6. The zero-order chi connectivity index (χ0) is 17.6. The number of nitriles is 1. The number of ketones is 1. The minimum atomic E-state index is -0.708. The lowest BCUT2D eigenvalue weighted by Crippen LogP contribution is -2.33. The lowest BCUT2D eigenvalue weighted by molar-refractivity contribution is -0.119. The fraction of sp³-hybridized carbons (Fsp3) is 0.333. The molecule has 124 valence electrons. The van der Waals surface area contributed by atoms with Gasteiger partial charge in [-0.2, -0.15) is 5.26 Å². The van der Waals surface area contributed by atoms with Crippen LogP contribution < -0.4 is 5.73 Å². The molecule has 6 heteroatoms. The monoisotopic (exact) mass is 388 g/mol. The first-order valence-corrected chi connectivity index (χ1v) is 8.35. The minimum Gasteiger partial charge on any atom is -0.508 e. The normalized spacial score (nSPS) is 22.8. The van der Waals surface area contributed by atoms with Crippen molar-refractivity contribution in [3.05, 3.63) is 51.0 Å². The van der Waals surface area contributed by atoms with Gasteiger partial charge in [0.15, 0.2) is 5.78 Å². The van der Waals surface area contributed by atoms with E-state index in [1.165, 1.54) is 6.07 Å². The van der Waals surface area contributed by atoms with Crippen molar-refractivity contribution in [3.63, 3.8) is 0 Å². The third-order valence-corrected chi connectivity index (χ3v) is 4.87. The van der Waals surface area contributed by atoms with E-state index in [0.29, 0.717) is 29.7 Å². The van der Waals surface area contributed by atoms with Gasteiger partial charge in [-0.25, -0.2) is 0 Å². The van der Waals surface area contributed by atoms with Crippen LogP contribution >= 0.6 is 15.9 Å². The van der Waals surface area contributed by atoms with Crippen molar-refractivity contribution in [3.8, 4) is 11.8 Å². The molecular formula is C18H17BrN2O3.